The van der Waals surface area contributed by atoms with Crippen LogP contribution in [-0.4, -0.2) is 48.1 Å². The molecule has 2 N–H and O–H groups in total. The zero-order chi connectivity index (χ0) is 14.4. The molecule has 0 saturated heterocycles. The van der Waals surface area contributed by atoms with Crippen LogP contribution in [0, 0.1) is 11.8 Å². The molecule has 0 spiro atoms. The molecule has 0 aromatic carbocycles. The van der Waals surface area contributed by atoms with E-state index in [1.807, 2.05) is 7.05 Å². The fraction of sp³-hybridized carbons (Fsp3) is 0.857. The summed E-state index contributed by atoms with van der Waals surface area (Å²) in [5, 5.41) is 11.9. The Labute approximate surface area is 115 Å². The van der Waals surface area contributed by atoms with E-state index in [2.05, 4.69) is 24.1 Å². The van der Waals surface area contributed by atoms with E-state index in [1.165, 1.54) is 0 Å². The van der Waals surface area contributed by atoms with Gasteiger partial charge in [-0.25, -0.2) is 0 Å². The molecule has 1 aliphatic rings. The summed E-state index contributed by atoms with van der Waals surface area (Å²) in [6.45, 7) is 5.67. The number of nitrogens with zero attached hydrogens (tertiary/aromatic N) is 1. The van der Waals surface area contributed by atoms with Gasteiger partial charge in [-0.3, -0.25) is 9.59 Å². The second-order valence-corrected chi connectivity index (χ2v) is 5.76. The number of hydrogen-bond donors (Lipinski definition) is 2. The van der Waals surface area contributed by atoms with Crippen molar-refractivity contribution >= 4 is 11.9 Å². The Balaban J connectivity index is 2.31. The first-order valence-corrected chi connectivity index (χ1v) is 7.12. The summed E-state index contributed by atoms with van der Waals surface area (Å²) in [6, 6.07) is 0.461. The maximum Gasteiger partial charge on any atom is 0.306 e. The van der Waals surface area contributed by atoms with E-state index in [0.717, 1.165) is 19.4 Å². The predicted octanol–water partition coefficient (Wildman–Crippen LogP) is 1.33. The molecule has 1 rings (SSSR count). The van der Waals surface area contributed by atoms with Gasteiger partial charge in [0.1, 0.15) is 0 Å². The SMILES string of the molecule is CC(C)N(C)CCNC(=O)C1CCCC(C(=O)O)C1. The lowest BCUT2D eigenvalue weighted by molar-refractivity contribution is -0.144. The quantitative estimate of drug-likeness (QED) is 0.764. The molecule has 5 nitrogen and oxygen atoms in total. The summed E-state index contributed by atoms with van der Waals surface area (Å²) in [6.07, 6.45) is 2.84. The van der Waals surface area contributed by atoms with Gasteiger partial charge in [-0.15, -0.1) is 0 Å². The number of rotatable bonds is 6. The highest BCUT2D eigenvalue weighted by Crippen LogP contribution is 2.29. The minimum atomic E-state index is -0.767. The van der Waals surface area contributed by atoms with E-state index in [0.29, 0.717) is 25.4 Å². The van der Waals surface area contributed by atoms with Gasteiger partial charge in [0.25, 0.3) is 0 Å². The fourth-order valence-electron chi connectivity index (χ4n) is 2.41. The van der Waals surface area contributed by atoms with Gasteiger partial charge in [0, 0.05) is 25.0 Å². The van der Waals surface area contributed by atoms with Gasteiger partial charge in [-0.2, -0.15) is 0 Å². The average molecular weight is 270 g/mol. The van der Waals surface area contributed by atoms with Gasteiger partial charge < -0.3 is 15.3 Å². The largest absolute Gasteiger partial charge is 0.481 e. The third kappa shape index (κ3) is 5.19. The van der Waals surface area contributed by atoms with Crippen LogP contribution in [0.3, 0.4) is 0 Å². The van der Waals surface area contributed by atoms with Gasteiger partial charge in [0.2, 0.25) is 5.91 Å². The van der Waals surface area contributed by atoms with Crippen LogP contribution in [0.5, 0.6) is 0 Å². The number of carbonyl (C=O) groups excluding carboxylic acids is 1. The third-order valence-electron chi connectivity index (χ3n) is 4.04. The van der Waals surface area contributed by atoms with Crippen molar-refractivity contribution in [2.24, 2.45) is 11.8 Å². The summed E-state index contributed by atoms with van der Waals surface area (Å²) in [5.41, 5.74) is 0. The van der Waals surface area contributed by atoms with E-state index in [-0.39, 0.29) is 17.7 Å². The minimum absolute atomic E-state index is 0.0168. The highest BCUT2D eigenvalue weighted by Gasteiger charge is 2.30. The molecule has 110 valence electrons. The molecular weight excluding hydrogens is 244 g/mol. The number of hydrogen-bond acceptors (Lipinski definition) is 3. The first-order valence-electron chi connectivity index (χ1n) is 7.12. The summed E-state index contributed by atoms with van der Waals surface area (Å²) in [7, 11) is 2.03. The molecular formula is C14H26N2O3. The Hall–Kier alpha value is -1.10. The molecule has 2 unspecified atom stereocenters. The zero-order valence-electron chi connectivity index (χ0n) is 12.2. The number of likely N-dealkylation sites (N-methyl/N-ethyl adjacent to an activating group) is 1. The molecule has 0 radical (unpaired) electrons. The van der Waals surface area contributed by atoms with Crippen molar-refractivity contribution in [3.8, 4) is 0 Å². The molecule has 0 aliphatic heterocycles. The van der Waals surface area contributed by atoms with Crippen molar-refractivity contribution < 1.29 is 14.7 Å². The Bertz CT molecular complexity index is 318. The molecule has 0 bridgehead atoms. The van der Waals surface area contributed by atoms with Crippen LogP contribution < -0.4 is 5.32 Å². The van der Waals surface area contributed by atoms with Gasteiger partial charge in [0.15, 0.2) is 0 Å². The molecule has 1 fully saturated rings. The zero-order valence-corrected chi connectivity index (χ0v) is 12.2. The van der Waals surface area contributed by atoms with E-state index in [4.69, 9.17) is 5.11 Å². The predicted molar refractivity (Wildman–Crippen MR) is 73.9 cm³/mol. The fourth-order valence-corrected chi connectivity index (χ4v) is 2.41. The summed E-state index contributed by atoms with van der Waals surface area (Å²) in [4.78, 5) is 25.1. The lowest BCUT2D eigenvalue weighted by atomic mass is 9.81. The highest BCUT2D eigenvalue weighted by atomic mass is 16.4. The second kappa shape index (κ2) is 7.48. The topological polar surface area (TPSA) is 69.6 Å². The van der Waals surface area contributed by atoms with E-state index in [1.54, 1.807) is 0 Å². The number of nitrogens with one attached hydrogen (secondary N) is 1. The number of carboxylic acid groups (broad SMARTS) is 1. The molecule has 0 aromatic heterocycles. The monoisotopic (exact) mass is 270 g/mol. The molecule has 1 aliphatic carbocycles. The van der Waals surface area contributed by atoms with Crippen LogP contribution in [0.4, 0.5) is 0 Å². The first kappa shape index (κ1) is 16.0. The molecule has 0 aromatic rings. The molecule has 2 atom stereocenters. The Morgan fingerprint density at radius 3 is 2.53 bits per heavy atom. The van der Waals surface area contributed by atoms with Crippen LogP contribution in [0.1, 0.15) is 39.5 Å². The standard InChI is InChI=1S/C14H26N2O3/c1-10(2)16(3)8-7-15-13(17)11-5-4-6-12(9-11)14(18)19/h10-12H,4-9H2,1-3H3,(H,15,17)(H,18,19). The maximum atomic E-state index is 12.0. The van der Waals surface area contributed by atoms with Crippen LogP contribution in [0.2, 0.25) is 0 Å². The lowest BCUT2D eigenvalue weighted by Crippen LogP contribution is -2.40. The van der Waals surface area contributed by atoms with Crippen molar-refractivity contribution in [1.82, 2.24) is 10.2 Å². The summed E-state index contributed by atoms with van der Waals surface area (Å²) >= 11 is 0. The molecule has 1 amide bonds. The number of carbonyl (C=O) groups is 2. The normalized spacial score (nSPS) is 23.6. The van der Waals surface area contributed by atoms with Crippen molar-refractivity contribution in [2.45, 2.75) is 45.6 Å². The van der Waals surface area contributed by atoms with Crippen molar-refractivity contribution in [3.05, 3.63) is 0 Å². The third-order valence-corrected chi connectivity index (χ3v) is 4.04. The summed E-state index contributed by atoms with van der Waals surface area (Å²) < 4.78 is 0. The Morgan fingerprint density at radius 1 is 1.32 bits per heavy atom. The van der Waals surface area contributed by atoms with Gasteiger partial charge in [-0.05, 0) is 40.2 Å². The van der Waals surface area contributed by atoms with Crippen LogP contribution in [0.15, 0.2) is 0 Å². The number of aliphatic carboxylic acids is 1. The molecule has 5 heteroatoms. The molecule has 19 heavy (non-hydrogen) atoms. The van der Waals surface area contributed by atoms with Crippen LogP contribution in [0.25, 0.3) is 0 Å². The van der Waals surface area contributed by atoms with Crippen LogP contribution >= 0.6 is 0 Å². The minimum Gasteiger partial charge on any atom is -0.481 e. The molecule has 0 heterocycles. The van der Waals surface area contributed by atoms with Crippen molar-refractivity contribution in [3.63, 3.8) is 0 Å². The lowest BCUT2D eigenvalue weighted by Gasteiger charge is -2.26. The van der Waals surface area contributed by atoms with Crippen LogP contribution in [-0.2, 0) is 9.59 Å². The highest BCUT2D eigenvalue weighted by molar-refractivity contribution is 5.80. The van der Waals surface area contributed by atoms with Crippen molar-refractivity contribution in [1.29, 1.82) is 0 Å². The second-order valence-electron chi connectivity index (χ2n) is 5.76. The van der Waals surface area contributed by atoms with E-state index in [9.17, 15) is 9.59 Å². The van der Waals surface area contributed by atoms with Gasteiger partial charge >= 0.3 is 5.97 Å². The summed E-state index contributed by atoms with van der Waals surface area (Å²) in [5.74, 6) is -1.22. The molecule has 1 saturated carbocycles. The Morgan fingerprint density at radius 2 is 1.95 bits per heavy atom. The smallest absolute Gasteiger partial charge is 0.306 e. The van der Waals surface area contributed by atoms with E-state index >= 15 is 0 Å². The van der Waals surface area contributed by atoms with E-state index < -0.39 is 5.97 Å². The Kier molecular flexibility index (Phi) is 6.28. The first-order chi connectivity index (χ1) is 8.91. The number of carboxylic acids is 1. The maximum absolute atomic E-state index is 12.0. The van der Waals surface area contributed by atoms with Gasteiger partial charge in [-0.1, -0.05) is 6.42 Å². The van der Waals surface area contributed by atoms with Crippen molar-refractivity contribution in [2.75, 3.05) is 20.1 Å². The van der Waals surface area contributed by atoms with Gasteiger partial charge in [0.05, 0.1) is 5.92 Å². The number of amides is 1. The average Bonchev–Trinajstić information content (AvgIpc) is 2.38.